The lowest BCUT2D eigenvalue weighted by atomic mass is 10.3. The molecule has 0 saturated heterocycles. The fourth-order valence-corrected chi connectivity index (χ4v) is 5.04. The third-order valence-electron chi connectivity index (χ3n) is 1.60. The van der Waals surface area contributed by atoms with Gasteiger partial charge in [-0.3, -0.25) is 0 Å². The second-order valence-electron chi connectivity index (χ2n) is 3.44. The molecule has 0 aliphatic carbocycles. The molecule has 5 heteroatoms. The van der Waals surface area contributed by atoms with Crippen molar-refractivity contribution in [2.75, 3.05) is 13.2 Å². The van der Waals surface area contributed by atoms with E-state index < -0.39 is 0.564 Å². The molecule has 0 rings (SSSR count). The Bertz CT molecular complexity index is 168. The van der Waals surface area contributed by atoms with Crippen LogP contribution in [0.25, 0.3) is 0 Å². The molecule has 0 aromatic heterocycles. The predicted molar refractivity (Wildman–Crippen MR) is 92.1 cm³/mol. The van der Waals surface area contributed by atoms with Crippen LogP contribution in [0.2, 0.25) is 6.04 Å². The molecule has 0 aliphatic rings. The summed E-state index contributed by atoms with van der Waals surface area (Å²) in [4.78, 5) is 0. The van der Waals surface area contributed by atoms with Crippen LogP contribution >= 0.6 is 65.4 Å². The Morgan fingerprint density at radius 2 is 1.86 bits per heavy atom. The SMILES string of the molecule is C=C(C)COCCCCC[Si](I)(I)I. The standard InChI is InChI=1S/C9H17I3OSi/c1-9(2)8-13-6-4-3-5-7-14(10,11)12/h1,3-8H2,2H3. The van der Waals surface area contributed by atoms with E-state index in [0.717, 1.165) is 18.8 Å². The third-order valence-corrected chi connectivity index (χ3v) is 7.37. The molecular formula is C9H17I3OSi. The zero-order valence-electron chi connectivity index (χ0n) is 8.49. The van der Waals surface area contributed by atoms with Crippen LogP contribution in [0.3, 0.4) is 0 Å². The summed E-state index contributed by atoms with van der Waals surface area (Å²) in [6.45, 7) is 7.42. The van der Waals surface area contributed by atoms with Gasteiger partial charge >= 0.3 is 0 Å². The van der Waals surface area contributed by atoms with Gasteiger partial charge in [-0.2, -0.15) is 0 Å². The normalized spacial score (nSPS) is 11.7. The monoisotopic (exact) mass is 550 g/mol. The Balaban J connectivity index is 3.11. The first-order valence-corrected chi connectivity index (χ1v) is 16.3. The smallest absolute Gasteiger partial charge is 0.253 e. The molecule has 0 aliphatic heterocycles. The van der Waals surface area contributed by atoms with Crippen LogP contribution in [0.4, 0.5) is 0 Å². The third kappa shape index (κ3) is 14.1. The number of unbranched alkanes of at least 4 members (excludes halogenated alkanes) is 2. The average Bonchev–Trinajstić information content (AvgIpc) is 2.00. The lowest BCUT2D eigenvalue weighted by Crippen LogP contribution is -2.04. The van der Waals surface area contributed by atoms with Gasteiger partial charge in [-0.15, -0.1) is 0 Å². The number of ether oxygens (including phenoxy) is 1. The number of halogens is 3. The lowest BCUT2D eigenvalue weighted by Gasteiger charge is -2.08. The van der Waals surface area contributed by atoms with Crippen LogP contribution in [0, 0.1) is 0 Å². The van der Waals surface area contributed by atoms with E-state index in [1.54, 1.807) is 0 Å². The van der Waals surface area contributed by atoms with Crippen molar-refractivity contribution in [2.24, 2.45) is 0 Å². The first kappa shape index (κ1) is 16.1. The van der Waals surface area contributed by atoms with Crippen LogP contribution in [-0.4, -0.2) is 13.8 Å². The topological polar surface area (TPSA) is 9.23 Å². The van der Waals surface area contributed by atoms with Crippen molar-refractivity contribution in [1.29, 1.82) is 0 Å². The summed E-state index contributed by atoms with van der Waals surface area (Å²) >= 11 is 7.87. The summed E-state index contributed by atoms with van der Waals surface area (Å²) in [7, 11) is 0. The quantitative estimate of drug-likeness (QED) is 0.136. The van der Waals surface area contributed by atoms with Gasteiger partial charge < -0.3 is 4.74 Å². The number of hydrogen-bond acceptors (Lipinski definition) is 1. The maximum absolute atomic E-state index is 5.43. The lowest BCUT2D eigenvalue weighted by molar-refractivity contribution is 0.152. The van der Waals surface area contributed by atoms with Crippen LogP contribution in [-0.2, 0) is 4.74 Å². The molecule has 0 saturated carbocycles. The van der Waals surface area contributed by atoms with Crippen molar-refractivity contribution in [1.82, 2.24) is 0 Å². The molecule has 0 bridgehead atoms. The Morgan fingerprint density at radius 3 is 2.36 bits per heavy atom. The van der Waals surface area contributed by atoms with E-state index in [0.29, 0.717) is 0 Å². The van der Waals surface area contributed by atoms with Crippen molar-refractivity contribution < 1.29 is 4.74 Å². The number of hydrogen-bond donors (Lipinski definition) is 0. The largest absolute Gasteiger partial charge is 0.377 e. The summed E-state index contributed by atoms with van der Waals surface area (Å²) < 4.78 is 4.54. The summed E-state index contributed by atoms with van der Waals surface area (Å²) in [6, 6.07) is 1.41. The zero-order chi connectivity index (χ0) is 11.0. The highest BCUT2D eigenvalue weighted by atomic mass is 127. The van der Waals surface area contributed by atoms with Crippen molar-refractivity contribution in [3.8, 4) is 0 Å². The first-order valence-electron chi connectivity index (χ1n) is 4.70. The molecule has 1 nitrogen and oxygen atoms in total. The Morgan fingerprint density at radius 1 is 1.21 bits per heavy atom. The summed E-state index contributed by atoms with van der Waals surface area (Å²) in [6.07, 6.45) is 3.86. The van der Waals surface area contributed by atoms with E-state index in [-0.39, 0.29) is 0 Å². The molecule has 14 heavy (non-hydrogen) atoms. The highest BCUT2D eigenvalue weighted by molar-refractivity contribution is 14.4. The minimum Gasteiger partial charge on any atom is -0.377 e. The van der Waals surface area contributed by atoms with Crippen LogP contribution < -0.4 is 0 Å². The molecule has 0 heterocycles. The molecule has 0 unspecified atom stereocenters. The number of rotatable bonds is 8. The molecule has 0 spiro atoms. The Hall–Kier alpha value is 2.11. The molecule has 0 radical (unpaired) electrons. The zero-order valence-corrected chi connectivity index (χ0v) is 16.0. The van der Waals surface area contributed by atoms with Gasteiger partial charge in [0.15, 0.2) is 0 Å². The van der Waals surface area contributed by atoms with Crippen molar-refractivity contribution in [2.45, 2.75) is 32.2 Å². The molecule has 0 N–H and O–H groups in total. The van der Waals surface area contributed by atoms with Gasteiger partial charge in [-0.25, -0.2) is 0 Å². The van der Waals surface area contributed by atoms with Crippen LogP contribution in [0.5, 0.6) is 0 Å². The maximum Gasteiger partial charge on any atom is 0.253 e. The molecular weight excluding hydrogens is 533 g/mol. The van der Waals surface area contributed by atoms with E-state index in [1.165, 1.54) is 25.3 Å². The van der Waals surface area contributed by atoms with E-state index in [1.807, 2.05) is 6.92 Å². The second-order valence-corrected chi connectivity index (χ2v) is 40.3. The summed E-state index contributed by atoms with van der Waals surface area (Å²) in [5, 5.41) is 0. The van der Waals surface area contributed by atoms with Gasteiger partial charge in [0.2, 0.25) is 0 Å². The summed E-state index contributed by atoms with van der Waals surface area (Å²) in [5.41, 5.74) is 1.11. The fourth-order valence-electron chi connectivity index (χ4n) is 0.953. The molecule has 0 aromatic carbocycles. The average molecular weight is 550 g/mol. The van der Waals surface area contributed by atoms with Gasteiger partial charge in [0.05, 0.1) is 6.61 Å². The van der Waals surface area contributed by atoms with Gasteiger partial charge in [-0.05, 0) is 19.4 Å². The van der Waals surface area contributed by atoms with E-state index in [2.05, 4.69) is 72.0 Å². The second kappa shape index (κ2) is 9.17. The van der Waals surface area contributed by atoms with Crippen molar-refractivity contribution >= 4 is 66.0 Å². The maximum atomic E-state index is 5.43. The highest BCUT2D eigenvalue weighted by Crippen LogP contribution is 2.35. The van der Waals surface area contributed by atoms with Crippen molar-refractivity contribution in [3.63, 3.8) is 0 Å². The summed E-state index contributed by atoms with van der Waals surface area (Å²) in [5.74, 6) is 0. The van der Waals surface area contributed by atoms with E-state index >= 15 is 0 Å². The minimum atomic E-state index is -0.889. The molecule has 0 amide bonds. The van der Waals surface area contributed by atoms with Gasteiger partial charge in [0.25, 0.3) is 0.564 Å². The minimum absolute atomic E-state index is 0.726. The van der Waals surface area contributed by atoms with Gasteiger partial charge in [-0.1, -0.05) is 90.4 Å². The van der Waals surface area contributed by atoms with E-state index in [9.17, 15) is 0 Å². The first-order chi connectivity index (χ1) is 6.42. The highest BCUT2D eigenvalue weighted by Gasteiger charge is 2.19. The Kier molecular flexibility index (Phi) is 10.5. The molecule has 0 atom stereocenters. The van der Waals surface area contributed by atoms with E-state index in [4.69, 9.17) is 4.74 Å². The molecule has 0 fully saturated rings. The van der Waals surface area contributed by atoms with Gasteiger partial charge in [0.1, 0.15) is 0 Å². The van der Waals surface area contributed by atoms with Gasteiger partial charge in [0, 0.05) is 6.61 Å². The van der Waals surface area contributed by atoms with Crippen LogP contribution in [0.15, 0.2) is 12.2 Å². The molecule has 84 valence electrons. The van der Waals surface area contributed by atoms with Crippen molar-refractivity contribution in [3.05, 3.63) is 12.2 Å². The predicted octanol–water partition coefficient (Wildman–Crippen LogP) is 4.99. The fraction of sp³-hybridized carbons (Fsp3) is 0.778. The Labute approximate surface area is 126 Å². The van der Waals surface area contributed by atoms with Crippen LogP contribution in [0.1, 0.15) is 26.2 Å². The molecule has 0 aromatic rings.